The smallest absolute Gasteiger partial charge is 0.246 e. The van der Waals surface area contributed by atoms with Crippen molar-refractivity contribution < 1.29 is 14.3 Å². The lowest BCUT2D eigenvalue weighted by atomic mass is 9.75. The van der Waals surface area contributed by atoms with Gasteiger partial charge >= 0.3 is 0 Å². The number of ether oxygens (including phenoxy) is 1. The molecule has 4 unspecified atom stereocenters. The lowest BCUT2D eigenvalue weighted by molar-refractivity contribution is -0.131. The Hall–Kier alpha value is -1.88. The zero-order chi connectivity index (χ0) is 19.4. The Kier molecular flexibility index (Phi) is 6.53. The summed E-state index contributed by atoms with van der Waals surface area (Å²) >= 11 is 0. The number of anilines is 1. The van der Waals surface area contributed by atoms with E-state index in [2.05, 4.69) is 31.4 Å². The Balaban J connectivity index is 1.51. The van der Waals surface area contributed by atoms with Gasteiger partial charge in [-0.2, -0.15) is 0 Å². The SMILES string of the molecule is CC1CCC(C(C)C)C(OCC(=O)NCC2CC(=O)Nc3ccccc32)C1. The fraction of sp³-hybridized carbons (Fsp3) is 0.636. The first-order valence-electron chi connectivity index (χ1n) is 10.2. The molecule has 1 aromatic rings. The van der Waals surface area contributed by atoms with Crippen LogP contribution < -0.4 is 10.6 Å². The molecule has 0 spiro atoms. The Morgan fingerprint density at radius 2 is 2.07 bits per heavy atom. The van der Waals surface area contributed by atoms with Crippen LogP contribution in [0.5, 0.6) is 0 Å². The van der Waals surface area contributed by atoms with Gasteiger partial charge in [0.1, 0.15) is 6.61 Å². The highest BCUT2D eigenvalue weighted by molar-refractivity contribution is 5.94. The number of para-hydroxylation sites is 1. The molecule has 1 aliphatic carbocycles. The summed E-state index contributed by atoms with van der Waals surface area (Å²) < 4.78 is 6.03. The van der Waals surface area contributed by atoms with Crippen LogP contribution in [-0.2, 0) is 14.3 Å². The van der Waals surface area contributed by atoms with Crippen LogP contribution in [0.4, 0.5) is 5.69 Å². The maximum atomic E-state index is 12.3. The maximum Gasteiger partial charge on any atom is 0.246 e. The third-order valence-corrected chi connectivity index (χ3v) is 6.04. The Morgan fingerprint density at radius 3 is 2.85 bits per heavy atom. The molecule has 2 N–H and O–H groups in total. The molecule has 1 fully saturated rings. The zero-order valence-corrected chi connectivity index (χ0v) is 16.7. The highest BCUT2D eigenvalue weighted by Crippen LogP contribution is 2.35. The molecule has 4 atom stereocenters. The topological polar surface area (TPSA) is 67.4 Å². The molecule has 5 heteroatoms. The number of fused-ring (bicyclic) bond motifs is 1. The minimum atomic E-state index is -0.0980. The predicted octanol–water partition coefficient (Wildman–Crippen LogP) is 3.71. The number of hydrogen-bond donors (Lipinski definition) is 2. The van der Waals surface area contributed by atoms with E-state index in [1.54, 1.807) is 0 Å². The van der Waals surface area contributed by atoms with Gasteiger partial charge in [0.2, 0.25) is 11.8 Å². The molecule has 0 bridgehead atoms. The first-order valence-corrected chi connectivity index (χ1v) is 10.2. The third-order valence-electron chi connectivity index (χ3n) is 6.04. The minimum absolute atomic E-state index is 0.000155. The molecule has 1 saturated carbocycles. The van der Waals surface area contributed by atoms with Crippen LogP contribution in [-0.4, -0.2) is 31.1 Å². The minimum Gasteiger partial charge on any atom is -0.368 e. The zero-order valence-electron chi connectivity index (χ0n) is 16.7. The van der Waals surface area contributed by atoms with Gasteiger partial charge in [-0.1, -0.05) is 45.4 Å². The normalized spacial score (nSPS) is 27.8. The standard InChI is InChI=1S/C22H32N2O3/c1-14(2)17-9-8-15(3)10-20(17)27-13-22(26)23-12-16-11-21(25)24-19-7-5-4-6-18(16)19/h4-7,14-17,20H,8-13H2,1-3H3,(H,23,26)(H,24,25). The molecule has 0 aromatic heterocycles. The summed E-state index contributed by atoms with van der Waals surface area (Å²) in [5.41, 5.74) is 1.93. The summed E-state index contributed by atoms with van der Waals surface area (Å²) in [7, 11) is 0. The number of benzene rings is 1. The fourth-order valence-corrected chi connectivity index (χ4v) is 4.46. The van der Waals surface area contributed by atoms with Crippen molar-refractivity contribution in [3.8, 4) is 0 Å². The number of carbonyl (C=O) groups is 2. The van der Waals surface area contributed by atoms with Gasteiger partial charge in [-0.3, -0.25) is 9.59 Å². The number of nitrogens with one attached hydrogen (secondary N) is 2. The monoisotopic (exact) mass is 372 g/mol. The fourth-order valence-electron chi connectivity index (χ4n) is 4.46. The van der Waals surface area contributed by atoms with E-state index in [1.165, 1.54) is 12.8 Å². The van der Waals surface area contributed by atoms with Gasteiger partial charge in [0.05, 0.1) is 6.10 Å². The molecule has 1 aliphatic heterocycles. The molecule has 5 nitrogen and oxygen atoms in total. The van der Waals surface area contributed by atoms with Crippen LogP contribution in [0.3, 0.4) is 0 Å². The number of carbonyl (C=O) groups excluding carboxylic acids is 2. The van der Waals surface area contributed by atoms with E-state index < -0.39 is 0 Å². The third kappa shape index (κ3) is 5.10. The maximum absolute atomic E-state index is 12.3. The van der Waals surface area contributed by atoms with Gasteiger partial charge in [0.15, 0.2) is 0 Å². The van der Waals surface area contributed by atoms with Gasteiger partial charge in [-0.05, 0) is 42.2 Å². The van der Waals surface area contributed by atoms with E-state index in [-0.39, 0.29) is 30.4 Å². The molecule has 148 valence electrons. The second-order valence-electron chi connectivity index (χ2n) is 8.52. The number of hydrogen-bond acceptors (Lipinski definition) is 3. The summed E-state index contributed by atoms with van der Waals surface area (Å²) in [5, 5.41) is 5.85. The van der Waals surface area contributed by atoms with Crippen LogP contribution in [0.1, 0.15) is 57.9 Å². The van der Waals surface area contributed by atoms with E-state index in [1.807, 2.05) is 24.3 Å². The molecule has 2 amide bonds. The largest absolute Gasteiger partial charge is 0.368 e. The molecule has 0 saturated heterocycles. The van der Waals surface area contributed by atoms with E-state index in [4.69, 9.17) is 4.74 Å². The Bertz CT molecular complexity index is 673. The first kappa shape index (κ1) is 19.9. The van der Waals surface area contributed by atoms with Crippen LogP contribution >= 0.6 is 0 Å². The van der Waals surface area contributed by atoms with Crippen LogP contribution in [0.15, 0.2) is 24.3 Å². The summed E-state index contributed by atoms with van der Waals surface area (Å²) in [6, 6.07) is 7.79. The summed E-state index contributed by atoms with van der Waals surface area (Å²) in [6.45, 7) is 7.30. The molecule has 27 heavy (non-hydrogen) atoms. The molecule has 1 heterocycles. The molecule has 3 rings (SSSR count). The highest BCUT2D eigenvalue weighted by Gasteiger charge is 2.32. The van der Waals surface area contributed by atoms with E-state index in [9.17, 15) is 9.59 Å². The van der Waals surface area contributed by atoms with Crippen molar-refractivity contribution in [2.45, 2.75) is 58.5 Å². The highest BCUT2D eigenvalue weighted by atomic mass is 16.5. The average Bonchev–Trinajstić information content (AvgIpc) is 2.64. The van der Waals surface area contributed by atoms with E-state index in [0.29, 0.717) is 30.7 Å². The number of amides is 2. The molecule has 0 radical (unpaired) electrons. The lowest BCUT2D eigenvalue weighted by Gasteiger charge is -2.37. The van der Waals surface area contributed by atoms with Gasteiger partial charge in [-0.15, -0.1) is 0 Å². The van der Waals surface area contributed by atoms with Crippen molar-refractivity contribution in [3.63, 3.8) is 0 Å². The van der Waals surface area contributed by atoms with Crippen molar-refractivity contribution in [2.75, 3.05) is 18.5 Å². The quantitative estimate of drug-likeness (QED) is 0.800. The van der Waals surface area contributed by atoms with Gasteiger partial charge in [0.25, 0.3) is 0 Å². The average molecular weight is 373 g/mol. The Morgan fingerprint density at radius 1 is 1.30 bits per heavy atom. The second kappa shape index (κ2) is 8.87. The van der Waals surface area contributed by atoms with Crippen LogP contribution in [0.25, 0.3) is 0 Å². The molecule has 2 aliphatic rings. The molecular formula is C22H32N2O3. The Labute approximate surface area is 162 Å². The first-order chi connectivity index (χ1) is 12.9. The van der Waals surface area contributed by atoms with Crippen molar-refractivity contribution in [1.29, 1.82) is 0 Å². The van der Waals surface area contributed by atoms with Gasteiger partial charge in [-0.25, -0.2) is 0 Å². The molecule has 1 aromatic carbocycles. The van der Waals surface area contributed by atoms with Crippen molar-refractivity contribution >= 4 is 17.5 Å². The summed E-state index contributed by atoms with van der Waals surface area (Å²) in [6.07, 6.45) is 4.03. The van der Waals surface area contributed by atoms with Crippen molar-refractivity contribution in [2.24, 2.45) is 17.8 Å². The van der Waals surface area contributed by atoms with Crippen molar-refractivity contribution in [3.05, 3.63) is 29.8 Å². The van der Waals surface area contributed by atoms with Gasteiger partial charge < -0.3 is 15.4 Å². The summed E-state index contributed by atoms with van der Waals surface area (Å²) in [5.74, 6) is 1.67. The molecular weight excluding hydrogens is 340 g/mol. The predicted molar refractivity (Wildman–Crippen MR) is 107 cm³/mol. The van der Waals surface area contributed by atoms with Crippen molar-refractivity contribution in [1.82, 2.24) is 5.32 Å². The van der Waals surface area contributed by atoms with E-state index in [0.717, 1.165) is 17.7 Å². The lowest BCUT2D eigenvalue weighted by Crippen LogP contribution is -2.39. The van der Waals surface area contributed by atoms with Gasteiger partial charge in [0, 0.05) is 24.6 Å². The van der Waals surface area contributed by atoms with E-state index >= 15 is 0 Å². The van der Waals surface area contributed by atoms with Crippen LogP contribution in [0, 0.1) is 17.8 Å². The second-order valence-corrected chi connectivity index (χ2v) is 8.52. The number of rotatable bonds is 6. The van der Waals surface area contributed by atoms with Crippen LogP contribution in [0.2, 0.25) is 0 Å². The summed E-state index contributed by atoms with van der Waals surface area (Å²) in [4.78, 5) is 24.2.